The topological polar surface area (TPSA) is 92.1 Å². The number of carbonyl (C=O) groups excluding carboxylic acids is 2. The first-order chi connectivity index (χ1) is 10.6. The third-order valence-electron chi connectivity index (χ3n) is 2.89. The lowest BCUT2D eigenvalue weighted by molar-refractivity contribution is -0.152. The highest BCUT2D eigenvalue weighted by Crippen LogP contribution is 2.39. The van der Waals surface area contributed by atoms with Crippen LogP contribution in [0, 0.1) is 18.3 Å². The number of nitriles is 1. The van der Waals surface area contributed by atoms with Gasteiger partial charge in [-0.05, 0) is 37.1 Å². The molecule has 1 amide bonds. The molecule has 0 saturated heterocycles. The highest BCUT2D eigenvalue weighted by molar-refractivity contribution is 7.20. The van der Waals surface area contributed by atoms with E-state index in [0.29, 0.717) is 10.6 Å². The molecular weight excluding hydrogens is 302 g/mol. The zero-order chi connectivity index (χ0) is 16.1. The van der Waals surface area contributed by atoms with Crippen molar-refractivity contribution in [2.75, 3.05) is 11.9 Å². The van der Waals surface area contributed by atoms with E-state index in [1.165, 1.54) is 11.3 Å². The van der Waals surface area contributed by atoms with Crippen molar-refractivity contribution in [3.63, 3.8) is 0 Å². The van der Waals surface area contributed by atoms with Crippen molar-refractivity contribution in [2.45, 2.75) is 13.8 Å². The fraction of sp³-hybridized carbons (Fsp3) is 0.200. The standard InChI is InChI=1S/C15H13N3O3S/c1-3-21-15(20)13(19)18-14-11(8-16)9(2)12(22-14)10-4-6-17-7-5-10/h4-7H,3H2,1-2H3,(H,18,19). The van der Waals surface area contributed by atoms with E-state index < -0.39 is 11.9 Å². The number of ether oxygens (including phenoxy) is 1. The second kappa shape index (κ2) is 6.83. The van der Waals surface area contributed by atoms with Gasteiger partial charge < -0.3 is 10.1 Å². The summed E-state index contributed by atoms with van der Waals surface area (Å²) in [5.41, 5.74) is 1.98. The van der Waals surface area contributed by atoms with Gasteiger partial charge in [0.25, 0.3) is 0 Å². The van der Waals surface area contributed by atoms with E-state index in [1.54, 1.807) is 26.2 Å². The molecule has 0 aliphatic rings. The molecule has 0 fully saturated rings. The Morgan fingerprint density at radius 3 is 2.68 bits per heavy atom. The Labute approximate surface area is 131 Å². The summed E-state index contributed by atoms with van der Waals surface area (Å²) in [7, 11) is 0. The second-order valence-corrected chi connectivity index (χ2v) is 5.30. The Hall–Kier alpha value is -2.72. The molecule has 0 unspecified atom stereocenters. The van der Waals surface area contributed by atoms with Crippen LogP contribution in [-0.2, 0) is 14.3 Å². The number of aromatic nitrogens is 1. The minimum Gasteiger partial charge on any atom is -0.459 e. The Bertz CT molecular complexity index is 747. The number of nitrogens with zero attached hydrogens (tertiary/aromatic N) is 2. The number of nitrogens with one attached hydrogen (secondary N) is 1. The average Bonchev–Trinajstić information content (AvgIpc) is 2.84. The van der Waals surface area contributed by atoms with Crippen LogP contribution in [-0.4, -0.2) is 23.5 Å². The van der Waals surface area contributed by atoms with E-state index in [9.17, 15) is 14.9 Å². The number of hydrogen-bond acceptors (Lipinski definition) is 6. The zero-order valence-electron chi connectivity index (χ0n) is 12.0. The highest BCUT2D eigenvalue weighted by Gasteiger charge is 2.21. The van der Waals surface area contributed by atoms with Gasteiger partial charge in [-0.2, -0.15) is 5.26 Å². The van der Waals surface area contributed by atoms with Gasteiger partial charge in [0.2, 0.25) is 0 Å². The molecule has 0 saturated carbocycles. The van der Waals surface area contributed by atoms with Crippen LogP contribution in [0.3, 0.4) is 0 Å². The fourth-order valence-electron chi connectivity index (χ4n) is 1.87. The molecule has 1 N–H and O–H groups in total. The maximum absolute atomic E-state index is 11.7. The quantitative estimate of drug-likeness (QED) is 0.694. The number of thiophene rings is 1. The van der Waals surface area contributed by atoms with Gasteiger partial charge >= 0.3 is 11.9 Å². The van der Waals surface area contributed by atoms with Crippen molar-refractivity contribution in [3.8, 4) is 16.5 Å². The Balaban J connectivity index is 2.36. The van der Waals surface area contributed by atoms with Gasteiger partial charge in [0.05, 0.1) is 12.2 Å². The molecule has 2 aromatic rings. The molecule has 2 heterocycles. The van der Waals surface area contributed by atoms with Crippen molar-refractivity contribution in [2.24, 2.45) is 0 Å². The molecule has 2 aromatic heterocycles. The number of pyridine rings is 1. The maximum atomic E-state index is 11.7. The van der Waals surface area contributed by atoms with Gasteiger partial charge in [0.1, 0.15) is 11.1 Å². The van der Waals surface area contributed by atoms with Crippen LogP contribution in [0.1, 0.15) is 18.1 Å². The monoisotopic (exact) mass is 315 g/mol. The van der Waals surface area contributed by atoms with Crippen molar-refractivity contribution >= 4 is 28.2 Å². The first kappa shape index (κ1) is 15.7. The molecule has 6 nitrogen and oxygen atoms in total. The molecule has 0 bridgehead atoms. The summed E-state index contributed by atoms with van der Waals surface area (Å²) in [6.45, 7) is 3.52. The fourth-order valence-corrected chi connectivity index (χ4v) is 3.02. The number of amides is 1. The van der Waals surface area contributed by atoms with Crippen LogP contribution in [0.25, 0.3) is 10.4 Å². The normalized spacial score (nSPS) is 9.86. The smallest absolute Gasteiger partial charge is 0.397 e. The summed E-state index contributed by atoms with van der Waals surface area (Å²) in [6, 6.07) is 5.69. The second-order valence-electron chi connectivity index (χ2n) is 4.28. The number of carbonyl (C=O) groups is 2. The molecule has 7 heteroatoms. The number of hydrogen-bond donors (Lipinski definition) is 1. The molecule has 0 atom stereocenters. The van der Waals surface area contributed by atoms with Crippen molar-refractivity contribution < 1.29 is 14.3 Å². The minimum absolute atomic E-state index is 0.114. The van der Waals surface area contributed by atoms with Crippen LogP contribution < -0.4 is 5.32 Å². The van der Waals surface area contributed by atoms with Crippen molar-refractivity contribution in [1.82, 2.24) is 4.98 Å². The van der Waals surface area contributed by atoms with Gasteiger partial charge in [0.15, 0.2) is 0 Å². The number of anilines is 1. The van der Waals surface area contributed by atoms with Crippen LogP contribution in [0.4, 0.5) is 5.00 Å². The summed E-state index contributed by atoms with van der Waals surface area (Å²) >= 11 is 1.24. The lowest BCUT2D eigenvalue weighted by Gasteiger charge is -2.02. The molecule has 0 aliphatic carbocycles. The van der Waals surface area contributed by atoms with Gasteiger partial charge in [-0.1, -0.05) is 0 Å². The molecule has 0 aliphatic heterocycles. The Kier molecular flexibility index (Phi) is 4.86. The summed E-state index contributed by atoms with van der Waals surface area (Å²) in [4.78, 5) is 27.9. The summed E-state index contributed by atoms with van der Waals surface area (Å²) in [6.07, 6.45) is 3.30. The molecule has 0 aromatic carbocycles. The van der Waals surface area contributed by atoms with Gasteiger partial charge in [-0.3, -0.25) is 9.78 Å². The summed E-state index contributed by atoms with van der Waals surface area (Å²) < 4.78 is 4.63. The summed E-state index contributed by atoms with van der Waals surface area (Å²) in [5.74, 6) is -1.86. The molecule has 22 heavy (non-hydrogen) atoms. The van der Waals surface area contributed by atoms with Gasteiger partial charge in [-0.15, -0.1) is 11.3 Å². The molecule has 2 rings (SSSR count). The molecular formula is C15H13N3O3S. The van der Waals surface area contributed by atoms with E-state index in [2.05, 4.69) is 21.1 Å². The van der Waals surface area contributed by atoms with Gasteiger partial charge in [0, 0.05) is 17.3 Å². The number of esters is 1. The lowest BCUT2D eigenvalue weighted by Crippen LogP contribution is -2.24. The van der Waals surface area contributed by atoms with E-state index in [4.69, 9.17) is 0 Å². The van der Waals surface area contributed by atoms with E-state index in [0.717, 1.165) is 16.0 Å². The molecule has 112 valence electrons. The van der Waals surface area contributed by atoms with Crippen LogP contribution in [0.2, 0.25) is 0 Å². The van der Waals surface area contributed by atoms with Gasteiger partial charge in [-0.25, -0.2) is 4.79 Å². The average molecular weight is 315 g/mol. The largest absolute Gasteiger partial charge is 0.459 e. The predicted octanol–water partition coefficient (Wildman–Crippen LogP) is 2.49. The van der Waals surface area contributed by atoms with Crippen LogP contribution >= 0.6 is 11.3 Å². The third kappa shape index (κ3) is 3.13. The van der Waals surface area contributed by atoms with E-state index >= 15 is 0 Å². The first-order valence-corrected chi connectivity index (χ1v) is 7.32. The first-order valence-electron chi connectivity index (χ1n) is 6.50. The summed E-state index contributed by atoms with van der Waals surface area (Å²) in [5, 5.41) is 12.1. The van der Waals surface area contributed by atoms with Crippen molar-refractivity contribution in [3.05, 3.63) is 35.7 Å². The van der Waals surface area contributed by atoms with E-state index in [-0.39, 0.29) is 6.61 Å². The van der Waals surface area contributed by atoms with Crippen molar-refractivity contribution in [1.29, 1.82) is 5.26 Å². The molecule has 0 spiro atoms. The predicted molar refractivity (Wildman–Crippen MR) is 82.3 cm³/mol. The zero-order valence-corrected chi connectivity index (χ0v) is 12.9. The lowest BCUT2D eigenvalue weighted by atomic mass is 10.1. The minimum atomic E-state index is -0.970. The van der Waals surface area contributed by atoms with E-state index in [1.807, 2.05) is 12.1 Å². The van der Waals surface area contributed by atoms with Crippen LogP contribution in [0.5, 0.6) is 0 Å². The van der Waals surface area contributed by atoms with Crippen LogP contribution in [0.15, 0.2) is 24.5 Å². The Morgan fingerprint density at radius 2 is 2.09 bits per heavy atom. The highest BCUT2D eigenvalue weighted by atomic mass is 32.1. The maximum Gasteiger partial charge on any atom is 0.397 e. The Morgan fingerprint density at radius 1 is 1.41 bits per heavy atom. The number of rotatable bonds is 3. The third-order valence-corrected chi connectivity index (χ3v) is 4.15. The SMILES string of the molecule is CCOC(=O)C(=O)Nc1sc(-c2ccncc2)c(C)c1C#N. The molecule has 0 radical (unpaired) electrons.